The quantitative estimate of drug-likeness (QED) is 0.335. The zero-order chi connectivity index (χ0) is 24.0. The number of tetrazole rings is 1. The molecule has 0 bridgehead atoms. The Hall–Kier alpha value is -3.93. The molecule has 2 heterocycles. The van der Waals surface area contributed by atoms with Crippen molar-refractivity contribution in [2.45, 2.75) is 51.5 Å². The van der Waals surface area contributed by atoms with Crippen LogP contribution in [-0.4, -0.2) is 35.4 Å². The average molecular weight is 462 g/mol. The summed E-state index contributed by atoms with van der Waals surface area (Å²) in [7, 11) is 0. The SMILES string of the molecule is C#CCCc1nc(C(F)(F)CCCC)nn1Cc1ccc(-c2ccccc2-c2nn[nH]n2)cc1. The lowest BCUT2D eigenvalue weighted by atomic mass is 9.98. The van der Waals surface area contributed by atoms with Gasteiger partial charge in [0.15, 0.2) is 0 Å². The summed E-state index contributed by atoms with van der Waals surface area (Å²) in [6, 6.07) is 15.6. The van der Waals surface area contributed by atoms with E-state index in [0.717, 1.165) is 22.3 Å². The normalized spacial score (nSPS) is 11.5. The van der Waals surface area contributed by atoms with Crippen molar-refractivity contribution in [1.29, 1.82) is 0 Å². The van der Waals surface area contributed by atoms with Crippen molar-refractivity contribution in [3.63, 3.8) is 0 Å². The Balaban J connectivity index is 1.59. The number of hydrogen-bond donors (Lipinski definition) is 1. The lowest BCUT2D eigenvalue weighted by molar-refractivity contribution is -0.0245. The predicted octanol–water partition coefficient (Wildman–Crippen LogP) is 5.02. The van der Waals surface area contributed by atoms with Crippen LogP contribution in [-0.2, 0) is 18.9 Å². The molecular formula is C25H25F2N7. The first-order valence-electron chi connectivity index (χ1n) is 11.2. The number of terminal acetylenes is 1. The van der Waals surface area contributed by atoms with Crippen LogP contribution in [0.15, 0.2) is 48.5 Å². The summed E-state index contributed by atoms with van der Waals surface area (Å²) in [6.45, 7) is 2.20. The van der Waals surface area contributed by atoms with Gasteiger partial charge in [-0.05, 0) is 28.3 Å². The number of benzene rings is 2. The van der Waals surface area contributed by atoms with Gasteiger partial charge in [-0.2, -0.15) is 14.0 Å². The zero-order valence-electron chi connectivity index (χ0n) is 18.9. The molecule has 0 saturated carbocycles. The molecule has 0 fully saturated rings. The molecule has 0 saturated heterocycles. The van der Waals surface area contributed by atoms with E-state index in [0.29, 0.717) is 43.9 Å². The zero-order valence-corrected chi connectivity index (χ0v) is 18.9. The largest absolute Gasteiger partial charge is 0.308 e. The van der Waals surface area contributed by atoms with Crippen LogP contribution < -0.4 is 0 Å². The highest BCUT2D eigenvalue weighted by molar-refractivity contribution is 5.80. The number of rotatable bonds is 10. The minimum Gasteiger partial charge on any atom is -0.245 e. The van der Waals surface area contributed by atoms with Crippen molar-refractivity contribution in [3.8, 4) is 34.9 Å². The second-order valence-electron chi connectivity index (χ2n) is 8.00. The molecule has 2 aromatic carbocycles. The van der Waals surface area contributed by atoms with Crippen LogP contribution in [0.2, 0.25) is 0 Å². The van der Waals surface area contributed by atoms with Crippen LogP contribution in [0.1, 0.15) is 49.8 Å². The summed E-state index contributed by atoms with van der Waals surface area (Å²) in [6.07, 6.45) is 7.01. The first-order chi connectivity index (χ1) is 16.5. The summed E-state index contributed by atoms with van der Waals surface area (Å²) >= 11 is 0. The molecule has 34 heavy (non-hydrogen) atoms. The number of unbranched alkanes of at least 4 members (excludes halogenated alkanes) is 1. The first kappa shape index (κ1) is 23.2. The minimum atomic E-state index is -3.06. The van der Waals surface area contributed by atoms with Gasteiger partial charge in [0.25, 0.3) is 0 Å². The fourth-order valence-electron chi connectivity index (χ4n) is 3.70. The highest BCUT2D eigenvalue weighted by Crippen LogP contribution is 2.32. The van der Waals surface area contributed by atoms with E-state index >= 15 is 0 Å². The Morgan fingerprint density at radius 2 is 1.85 bits per heavy atom. The number of nitrogens with one attached hydrogen (secondary N) is 1. The van der Waals surface area contributed by atoms with Crippen molar-refractivity contribution in [1.82, 2.24) is 35.4 Å². The van der Waals surface area contributed by atoms with Crippen LogP contribution in [0.25, 0.3) is 22.5 Å². The fourth-order valence-corrected chi connectivity index (χ4v) is 3.70. The van der Waals surface area contributed by atoms with Crippen molar-refractivity contribution in [2.24, 2.45) is 0 Å². The van der Waals surface area contributed by atoms with E-state index < -0.39 is 11.7 Å². The average Bonchev–Trinajstić information content (AvgIpc) is 3.53. The Morgan fingerprint density at radius 1 is 1.09 bits per heavy atom. The van der Waals surface area contributed by atoms with Crippen molar-refractivity contribution >= 4 is 0 Å². The number of hydrogen-bond acceptors (Lipinski definition) is 5. The number of aromatic amines is 1. The number of aromatic nitrogens is 7. The van der Waals surface area contributed by atoms with E-state index in [1.54, 1.807) is 0 Å². The van der Waals surface area contributed by atoms with Gasteiger partial charge < -0.3 is 0 Å². The van der Waals surface area contributed by atoms with Gasteiger partial charge in [-0.15, -0.1) is 27.6 Å². The maximum Gasteiger partial charge on any atom is 0.308 e. The van der Waals surface area contributed by atoms with Gasteiger partial charge >= 0.3 is 5.92 Å². The van der Waals surface area contributed by atoms with Gasteiger partial charge in [-0.3, -0.25) is 0 Å². The molecule has 7 nitrogen and oxygen atoms in total. The van der Waals surface area contributed by atoms with Gasteiger partial charge in [-0.1, -0.05) is 61.9 Å². The number of H-pyrrole nitrogens is 1. The Morgan fingerprint density at radius 3 is 2.53 bits per heavy atom. The molecule has 0 atom stereocenters. The smallest absolute Gasteiger partial charge is 0.245 e. The maximum absolute atomic E-state index is 14.6. The number of aryl methyl sites for hydroxylation is 1. The second kappa shape index (κ2) is 10.3. The van der Waals surface area contributed by atoms with E-state index in [1.807, 2.05) is 55.5 Å². The van der Waals surface area contributed by atoms with Gasteiger partial charge in [0.05, 0.1) is 6.54 Å². The lowest BCUT2D eigenvalue weighted by Gasteiger charge is -2.11. The van der Waals surface area contributed by atoms with Crippen molar-refractivity contribution < 1.29 is 8.78 Å². The summed E-state index contributed by atoms with van der Waals surface area (Å²) in [5.41, 5.74) is 3.71. The van der Waals surface area contributed by atoms with Gasteiger partial charge in [0.2, 0.25) is 11.6 Å². The summed E-state index contributed by atoms with van der Waals surface area (Å²) < 4.78 is 30.7. The lowest BCUT2D eigenvalue weighted by Crippen LogP contribution is -2.16. The molecule has 0 spiro atoms. The molecule has 0 unspecified atom stereocenters. The molecule has 174 valence electrons. The predicted molar refractivity (Wildman–Crippen MR) is 125 cm³/mol. The van der Waals surface area contributed by atoms with Crippen molar-refractivity contribution in [3.05, 3.63) is 65.7 Å². The molecule has 0 amide bonds. The van der Waals surface area contributed by atoms with Crippen LogP contribution in [0.3, 0.4) is 0 Å². The van der Waals surface area contributed by atoms with Crippen LogP contribution in [0.5, 0.6) is 0 Å². The highest BCUT2D eigenvalue weighted by Gasteiger charge is 2.36. The molecule has 0 aliphatic carbocycles. The topological polar surface area (TPSA) is 85.2 Å². The highest BCUT2D eigenvalue weighted by atomic mass is 19.3. The minimum absolute atomic E-state index is 0.267. The number of alkyl halides is 2. The molecule has 0 radical (unpaired) electrons. The molecule has 1 N–H and O–H groups in total. The molecule has 0 aliphatic heterocycles. The molecule has 4 rings (SSSR count). The maximum atomic E-state index is 14.6. The first-order valence-corrected chi connectivity index (χ1v) is 11.2. The number of nitrogens with zero attached hydrogens (tertiary/aromatic N) is 6. The van der Waals surface area contributed by atoms with E-state index in [2.05, 4.69) is 36.6 Å². The monoisotopic (exact) mass is 461 g/mol. The van der Waals surface area contributed by atoms with Crippen molar-refractivity contribution in [2.75, 3.05) is 0 Å². The van der Waals surface area contributed by atoms with E-state index in [4.69, 9.17) is 6.42 Å². The number of halogens is 2. The third-order valence-electron chi connectivity index (χ3n) is 5.52. The van der Waals surface area contributed by atoms with E-state index in [1.165, 1.54) is 4.68 Å². The third kappa shape index (κ3) is 5.17. The Labute approximate surface area is 196 Å². The Kier molecular flexibility index (Phi) is 7.07. The van der Waals surface area contributed by atoms with E-state index in [-0.39, 0.29) is 6.42 Å². The summed E-state index contributed by atoms with van der Waals surface area (Å²) in [5.74, 6) is 0.0333. The Bertz CT molecular complexity index is 1260. The molecule has 2 aromatic heterocycles. The summed E-state index contributed by atoms with van der Waals surface area (Å²) in [5, 5.41) is 18.4. The van der Waals surface area contributed by atoms with Crippen LogP contribution in [0.4, 0.5) is 8.78 Å². The van der Waals surface area contributed by atoms with Crippen LogP contribution >= 0.6 is 0 Å². The van der Waals surface area contributed by atoms with E-state index in [9.17, 15) is 8.78 Å². The van der Waals surface area contributed by atoms with Gasteiger partial charge in [-0.25, -0.2) is 9.67 Å². The standard InChI is InChI=1S/C25H25F2N7/c1-3-5-11-22-28-24(25(26,27)16-6-4-2)31-34(22)17-18-12-14-19(15-13-18)20-9-7-8-10-21(20)23-29-32-33-30-23/h1,7-10,12-15H,4-6,11,16-17H2,2H3,(H,29,30,32,33). The molecule has 9 heteroatoms. The molecule has 4 aromatic rings. The van der Waals surface area contributed by atoms with Gasteiger partial charge in [0.1, 0.15) is 5.82 Å². The third-order valence-corrected chi connectivity index (χ3v) is 5.52. The fraction of sp³-hybridized carbons (Fsp3) is 0.320. The summed E-state index contributed by atoms with van der Waals surface area (Å²) in [4.78, 5) is 4.16. The second-order valence-corrected chi connectivity index (χ2v) is 8.00. The van der Waals surface area contributed by atoms with Gasteiger partial charge in [0, 0.05) is 24.8 Å². The molecule has 0 aliphatic rings. The molecular weight excluding hydrogens is 436 g/mol. The van der Waals surface area contributed by atoms with Crippen LogP contribution in [0, 0.1) is 12.3 Å².